The van der Waals surface area contributed by atoms with Gasteiger partial charge in [0.25, 0.3) is 5.91 Å². The zero-order valence-electron chi connectivity index (χ0n) is 12.8. The van der Waals surface area contributed by atoms with Crippen LogP contribution in [0.2, 0.25) is 0 Å². The van der Waals surface area contributed by atoms with Crippen LogP contribution in [0.5, 0.6) is 0 Å². The van der Waals surface area contributed by atoms with Gasteiger partial charge in [0.05, 0.1) is 6.54 Å². The topological polar surface area (TPSA) is 59.8 Å². The molecule has 5 nitrogen and oxygen atoms in total. The van der Waals surface area contributed by atoms with Crippen molar-refractivity contribution in [1.29, 1.82) is 0 Å². The van der Waals surface area contributed by atoms with Gasteiger partial charge in [-0.2, -0.15) is 0 Å². The Morgan fingerprint density at radius 1 is 1.25 bits per heavy atom. The van der Waals surface area contributed by atoms with Gasteiger partial charge < -0.3 is 0 Å². The molecule has 0 saturated heterocycles. The summed E-state index contributed by atoms with van der Waals surface area (Å²) in [6, 6.07) is 12.0. The number of anilines is 1. The van der Waals surface area contributed by atoms with E-state index in [9.17, 15) is 9.18 Å². The minimum Gasteiger partial charge on any atom is -0.289 e. The third-order valence-corrected chi connectivity index (χ3v) is 3.97. The van der Waals surface area contributed by atoms with E-state index in [1.807, 2.05) is 24.3 Å². The molecule has 3 rings (SSSR count). The molecule has 1 aromatic heterocycles. The number of halogens is 2. The highest BCUT2D eigenvalue weighted by atomic mass is 79.9. The van der Waals surface area contributed by atoms with E-state index in [0.29, 0.717) is 17.7 Å². The molecule has 7 heteroatoms. The summed E-state index contributed by atoms with van der Waals surface area (Å²) in [6.45, 7) is 2.16. The van der Waals surface area contributed by atoms with Gasteiger partial charge >= 0.3 is 0 Å². The number of hydrogen-bond donors (Lipinski definition) is 1. The second-order valence-electron chi connectivity index (χ2n) is 5.31. The molecule has 24 heavy (non-hydrogen) atoms. The average molecular weight is 389 g/mol. The second kappa shape index (κ2) is 6.92. The van der Waals surface area contributed by atoms with Crippen molar-refractivity contribution in [1.82, 2.24) is 14.8 Å². The number of carbonyl (C=O) groups is 1. The Kier molecular flexibility index (Phi) is 4.71. The van der Waals surface area contributed by atoms with Crippen LogP contribution in [0.25, 0.3) is 0 Å². The lowest BCUT2D eigenvalue weighted by Crippen LogP contribution is -2.14. The minimum absolute atomic E-state index is 0.207. The van der Waals surface area contributed by atoms with Crippen molar-refractivity contribution in [3.63, 3.8) is 0 Å². The average Bonchev–Trinajstić information content (AvgIpc) is 2.99. The number of benzene rings is 2. The summed E-state index contributed by atoms with van der Waals surface area (Å²) in [5.74, 6) is -0.512. The molecule has 1 heterocycles. The van der Waals surface area contributed by atoms with E-state index in [4.69, 9.17) is 0 Å². The predicted octanol–water partition coefficient (Wildman–Crippen LogP) is 3.79. The van der Waals surface area contributed by atoms with Gasteiger partial charge in [-0.3, -0.25) is 10.1 Å². The molecule has 1 amide bonds. The molecule has 0 aliphatic carbocycles. The van der Waals surface area contributed by atoms with Gasteiger partial charge in [0.2, 0.25) is 5.95 Å². The number of aryl methyl sites for hydroxylation is 1. The van der Waals surface area contributed by atoms with E-state index in [1.54, 1.807) is 17.9 Å². The first-order valence-electron chi connectivity index (χ1n) is 7.22. The molecular weight excluding hydrogens is 375 g/mol. The van der Waals surface area contributed by atoms with Gasteiger partial charge in [-0.15, -0.1) is 5.10 Å². The van der Waals surface area contributed by atoms with E-state index in [2.05, 4.69) is 31.3 Å². The standard InChI is InChI=1S/C17H14BrFN4O/c1-11-8-13(4-7-15(11)19)16(24)21-17-20-10-23(22-17)9-12-2-5-14(18)6-3-12/h2-8,10H,9H2,1H3,(H,21,22,24). The fourth-order valence-electron chi connectivity index (χ4n) is 2.16. The lowest BCUT2D eigenvalue weighted by Gasteiger charge is -2.03. The van der Waals surface area contributed by atoms with Crippen LogP contribution >= 0.6 is 15.9 Å². The van der Waals surface area contributed by atoms with Crippen LogP contribution < -0.4 is 5.32 Å². The third kappa shape index (κ3) is 3.86. The molecule has 0 unspecified atom stereocenters. The molecule has 122 valence electrons. The van der Waals surface area contributed by atoms with Crippen molar-refractivity contribution in [2.75, 3.05) is 5.32 Å². The van der Waals surface area contributed by atoms with Gasteiger partial charge in [0.15, 0.2) is 0 Å². The molecule has 0 spiro atoms. The van der Waals surface area contributed by atoms with Gasteiger partial charge in [-0.05, 0) is 48.4 Å². The van der Waals surface area contributed by atoms with Gasteiger partial charge in [0.1, 0.15) is 12.1 Å². The molecule has 0 radical (unpaired) electrons. The maximum atomic E-state index is 13.3. The number of aromatic nitrogens is 3. The Morgan fingerprint density at radius 2 is 2.00 bits per heavy atom. The van der Waals surface area contributed by atoms with Crippen molar-refractivity contribution in [2.45, 2.75) is 13.5 Å². The number of amides is 1. The molecule has 0 saturated carbocycles. The van der Waals surface area contributed by atoms with Crippen LogP contribution in [-0.4, -0.2) is 20.7 Å². The fraction of sp³-hybridized carbons (Fsp3) is 0.118. The van der Waals surface area contributed by atoms with Crippen LogP contribution in [-0.2, 0) is 6.54 Å². The summed E-state index contributed by atoms with van der Waals surface area (Å²) in [5.41, 5.74) is 1.84. The predicted molar refractivity (Wildman–Crippen MR) is 92.4 cm³/mol. The quantitative estimate of drug-likeness (QED) is 0.739. The highest BCUT2D eigenvalue weighted by Gasteiger charge is 2.11. The molecule has 0 bridgehead atoms. The summed E-state index contributed by atoms with van der Waals surface area (Å²) in [5, 5.41) is 6.83. The lowest BCUT2D eigenvalue weighted by atomic mass is 10.1. The van der Waals surface area contributed by atoms with E-state index < -0.39 is 0 Å². The number of nitrogens with zero attached hydrogens (tertiary/aromatic N) is 3. The molecule has 0 fully saturated rings. The minimum atomic E-state index is -0.375. The molecule has 2 aromatic carbocycles. The first kappa shape index (κ1) is 16.3. The normalized spacial score (nSPS) is 10.6. The fourth-order valence-corrected chi connectivity index (χ4v) is 2.43. The number of nitrogens with one attached hydrogen (secondary N) is 1. The van der Waals surface area contributed by atoms with E-state index in [1.165, 1.54) is 18.2 Å². The second-order valence-corrected chi connectivity index (χ2v) is 6.23. The Balaban J connectivity index is 1.68. The Bertz CT molecular complexity index is 877. The zero-order chi connectivity index (χ0) is 17.1. The monoisotopic (exact) mass is 388 g/mol. The van der Waals surface area contributed by atoms with Crippen molar-refractivity contribution in [3.8, 4) is 0 Å². The van der Waals surface area contributed by atoms with E-state index in [-0.39, 0.29) is 17.7 Å². The molecule has 1 N–H and O–H groups in total. The smallest absolute Gasteiger partial charge is 0.258 e. The van der Waals surface area contributed by atoms with Crippen molar-refractivity contribution < 1.29 is 9.18 Å². The summed E-state index contributed by atoms with van der Waals surface area (Å²) >= 11 is 3.39. The highest BCUT2D eigenvalue weighted by Crippen LogP contribution is 2.13. The maximum absolute atomic E-state index is 13.3. The number of hydrogen-bond acceptors (Lipinski definition) is 3. The van der Waals surface area contributed by atoms with Gasteiger partial charge in [-0.25, -0.2) is 14.1 Å². The highest BCUT2D eigenvalue weighted by molar-refractivity contribution is 9.10. The van der Waals surface area contributed by atoms with E-state index in [0.717, 1.165) is 10.0 Å². The van der Waals surface area contributed by atoms with Gasteiger partial charge in [-0.1, -0.05) is 28.1 Å². The number of carbonyl (C=O) groups excluding carboxylic acids is 1. The first-order valence-corrected chi connectivity index (χ1v) is 8.02. The Hall–Kier alpha value is -2.54. The number of rotatable bonds is 4. The van der Waals surface area contributed by atoms with Crippen LogP contribution in [0, 0.1) is 12.7 Å². The van der Waals surface area contributed by atoms with Crippen LogP contribution in [0.15, 0.2) is 53.3 Å². The zero-order valence-corrected chi connectivity index (χ0v) is 14.4. The Morgan fingerprint density at radius 3 is 2.71 bits per heavy atom. The van der Waals surface area contributed by atoms with Crippen molar-refractivity contribution in [3.05, 3.63) is 75.8 Å². The summed E-state index contributed by atoms with van der Waals surface area (Å²) in [4.78, 5) is 16.2. The summed E-state index contributed by atoms with van der Waals surface area (Å²) < 4.78 is 15.9. The lowest BCUT2D eigenvalue weighted by molar-refractivity contribution is 0.102. The van der Waals surface area contributed by atoms with Crippen LogP contribution in [0.3, 0.4) is 0 Å². The largest absolute Gasteiger partial charge is 0.289 e. The van der Waals surface area contributed by atoms with E-state index >= 15 is 0 Å². The van der Waals surface area contributed by atoms with Crippen LogP contribution in [0.4, 0.5) is 10.3 Å². The van der Waals surface area contributed by atoms with Gasteiger partial charge in [0, 0.05) is 10.0 Å². The molecular formula is C17H14BrFN4O. The maximum Gasteiger partial charge on any atom is 0.258 e. The summed E-state index contributed by atoms with van der Waals surface area (Å²) in [7, 11) is 0. The summed E-state index contributed by atoms with van der Waals surface area (Å²) in [6.07, 6.45) is 1.55. The third-order valence-electron chi connectivity index (χ3n) is 3.44. The molecule has 0 atom stereocenters. The Labute approximate surface area is 146 Å². The van der Waals surface area contributed by atoms with Crippen molar-refractivity contribution >= 4 is 27.8 Å². The molecule has 0 aliphatic heterocycles. The van der Waals surface area contributed by atoms with Crippen LogP contribution in [0.1, 0.15) is 21.5 Å². The first-order chi connectivity index (χ1) is 11.5. The van der Waals surface area contributed by atoms with Crippen molar-refractivity contribution in [2.24, 2.45) is 0 Å². The SMILES string of the molecule is Cc1cc(C(=O)Nc2ncn(Cc3ccc(Br)cc3)n2)ccc1F. The molecule has 3 aromatic rings. The molecule has 0 aliphatic rings.